The first-order chi connectivity index (χ1) is 6.60. The first kappa shape index (κ1) is 11.3. The number of rotatable bonds is 2. The van der Waals surface area contributed by atoms with E-state index in [9.17, 15) is 8.42 Å². The Kier molecular flexibility index (Phi) is 3.77. The van der Waals surface area contributed by atoms with Crippen molar-refractivity contribution in [3.8, 4) is 14.9 Å². The van der Waals surface area contributed by atoms with Crippen molar-refractivity contribution in [1.29, 1.82) is 0 Å². The summed E-state index contributed by atoms with van der Waals surface area (Å²) in [5.74, 6) is 0.617. The molecule has 0 atom stereocenters. The zero-order valence-corrected chi connectivity index (χ0v) is 10.3. The van der Waals surface area contributed by atoms with Gasteiger partial charge in [0.1, 0.15) is 5.75 Å². The Balaban J connectivity index is 3.14. The molecule has 0 spiro atoms. The second kappa shape index (κ2) is 4.66. The third kappa shape index (κ3) is 2.62. The van der Waals surface area contributed by atoms with Crippen LogP contribution in [0.1, 0.15) is 0 Å². The monoisotopic (exact) mass is 322 g/mol. The summed E-state index contributed by atoms with van der Waals surface area (Å²) in [6.45, 7) is 0. The summed E-state index contributed by atoms with van der Waals surface area (Å²) in [7, 11) is -1.94. The molecule has 0 amide bonds. The molecule has 0 unspecified atom stereocenters. The highest BCUT2D eigenvalue weighted by Gasteiger charge is 2.09. The molecule has 0 aromatic heterocycles. The fraction of sp³-hybridized carbons (Fsp3) is 0.111. The van der Waals surface area contributed by atoms with E-state index in [-0.39, 0.29) is 4.90 Å². The van der Waals surface area contributed by atoms with Gasteiger partial charge in [-0.3, -0.25) is 0 Å². The molecule has 1 aromatic rings. The molecule has 0 aliphatic rings. The third-order valence-corrected chi connectivity index (χ3v) is 3.44. The summed E-state index contributed by atoms with van der Waals surface area (Å²) >= 11 is 1.69. The summed E-state index contributed by atoms with van der Waals surface area (Å²) in [6.07, 6.45) is 0. The summed E-state index contributed by atoms with van der Waals surface area (Å²) in [5, 5.41) is 2.14. The quantitative estimate of drug-likeness (QED) is 0.616. The molecule has 0 N–H and O–H groups in total. The van der Waals surface area contributed by atoms with E-state index in [2.05, 4.69) is 9.18 Å². The van der Waals surface area contributed by atoms with Crippen LogP contribution in [0.2, 0.25) is 0 Å². The minimum Gasteiger partial charge on any atom is -0.497 e. The van der Waals surface area contributed by atoms with Crippen molar-refractivity contribution in [2.75, 3.05) is 7.11 Å². The van der Waals surface area contributed by atoms with Gasteiger partial charge in [-0.2, -0.15) is 0 Å². The Morgan fingerprint density at radius 2 is 1.86 bits per heavy atom. The zero-order chi connectivity index (χ0) is 10.6. The summed E-state index contributed by atoms with van der Waals surface area (Å²) < 4.78 is 30.1. The number of sulfone groups is 1. The van der Waals surface area contributed by atoms with E-state index in [0.717, 1.165) is 0 Å². The van der Waals surface area contributed by atoms with Gasteiger partial charge in [-0.25, -0.2) is 8.42 Å². The fourth-order valence-electron chi connectivity index (χ4n) is 0.865. The van der Waals surface area contributed by atoms with Crippen LogP contribution in [0, 0.1) is 9.18 Å². The van der Waals surface area contributed by atoms with Crippen LogP contribution in [-0.4, -0.2) is 15.5 Å². The van der Waals surface area contributed by atoms with Crippen LogP contribution in [0.3, 0.4) is 0 Å². The number of hydrogen-bond acceptors (Lipinski definition) is 3. The van der Waals surface area contributed by atoms with Gasteiger partial charge in [-0.15, -0.1) is 0 Å². The largest absolute Gasteiger partial charge is 0.497 e. The van der Waals surface area contributed by atoms with Gasteiger partial charge in [0, 0.05) is 27.8 Å². The second-order valence-corrected chi connectivity index (χ2v) is 4.60. The van der Waals surface area contributed by atoms with Crippen LogP contribution < -0.4 is 4.74 Å². The molecule has 14 heavy (non-hydrogen) atoms. The van der Waals surface area contributed by atoms with Crippen molar-refractivity contribution in [3.63, 3.8) is 0 Å². The molecule has 0 fully saturated rings. The molecule has 0 heterocycles. The van der Waals surface area contributed by atoms with Gasteiger partial charge in [-0.05, 0) is 28.2 Å². The summed E-state index contributed by atoms with van der Waals surface area (Å²) in [6, 6.07) is 6.10. The Labute approximate surface area is 96.5 Å². The Morgan fingerprint density at radius 1 is 1.29 bits per heavy atom. The van der Waals surface area contributed by atoms with Gasteiger partial charge in [0.05, 0.1) is 12.0 Å². The number of hydrogen-bond donors (Lipinski definition) is 0. The predicted molar refractivity (Wildman–Crippen MR) is 62.0 cm³/mol. The van der Waals surface area contributed by atoms with Crippen molar-refractivity contribution < 1.29 is 13.2 Å². The second-order valence-electron chi connectivity index (χ2n) is 2.38. The molecule has 0 radical (unpaired) electrons. The third-order valence-electron chi connectivity index (χ3n) is 1.54. The molecule has 5 heteroatoms. The lowest BCUT2D eigenvalue weighted by atomic mass is 10.3. The van der Waals surface area contributed by atoms with Gasteiger partial charge < -0.3 is 4.74 Å². The highest BCUT2D eigenvalue weighted by atomic mass is 127. The summed E-state index contributed by atoms with van der Waals surface area (Å²) in [4.78, 5) is 0.183. The van der Waals surface area contributed by atoms with E-state index in [4.69, 9.17) is 4.74 Å². The molecule has 0 aliphatic heterocycles. The molecule has 3 nitrogen and oxygen atoms in total. The van der Waals surface area contributed by atoms with Crippen LogP contribution in [0.5, 0.6) is 5.75 Å². The van der Waals surface area contributed by atoms with Crippen molar-refractivity contribution >= 4 is 32.4 Å². The van der Waals surface area contributed by atoms with Crippen molar-refractivity contribution in [2.24, 2.45) is 0 Å². The lowest BCUT2D eigenvalue weighted by Gasteiger charge is -1.99. The molecule has 1 aromatic carbocycles. The van der Waals surface area contributed by atoms with E-state index in [1.54, 1.807) is 34.7 Å². The van der Waals surface area contributed by atoms with E-state index in [0.29, 0.717) is 5.75 Å². The van der Waals surface area contributed by atoms with E-state index in [1.165, 1.54) is 19.2 Å². The van der Waals surface area contributed by atoms with Gasteiger partial charge in [0.25, 0.3) is 0 Å². The van der Waals surface area contributed by atoms with E-state index < -0.39 is 9.84 Å². The maximum atomic E-state index is 11.4. The average molecular weight is 322 g/mol. The normalized spacial score (nSPS) is 10.1. The average Bonchev–Trinajstić information content (AvgIpc) is 2.18. The Hall–Kier alpha value is -0.740. The van der Waals surface area contributed by atoms with Crippen LogP contribution >= 0.6 is 22.6 Å². The highest BCUT2D eigenvalue weighted by Crippen LogP contribution is 2.15. The molecular weight excluding hydrogens is 315 g/mol. The minimum absolute atomic E-state index is 0.183. The van der Waals surface area contributed by atoms with Gasteiger partial charge in [0.15, 0.2) is 0 Å². The SMILES string of the molecule is COc1ccc(S(=O)(=O)C#CI)cc1. The first-order valence-corrected chi connectivity index (χ1v) is 6.18. The van der Waals surface area contributed by atoms with E-state index in [1.807, 2.05) is 0 Å². The van der Waals surface area contributed by atoms with Crippen molar-refractivity contribution in [1.82, 2.24) is 0 Å². The van der Waals surface area contributed by atoms with Crippen LogP contribution in [0.15, 0.2) is 29.2 Å². The van der Waals surface area contributed by atoms with Gasteiger partial charge in [0.2, 0.25) is 9.84 Å². The Bertz CT molecular complexity index is 465. The molecule has 0 aliphatic carbocycles. The minimum atomic E-state index is -3.46. The van der Waals surface area contributed by atoms with Gasteiger partial charge in [-0.1, -0.05) is 0 Å². The number of halogens is 1. The molecule has 74 valence electrons. The zero-order valence-electron chi connectivity index (χ0n) is 7.32. The van der Waals surface area contributed by atoms with Crippen molar-refractivity contribution in [3.05, 3.63) is 24.3 Å². The lowest BCUT2D eigenvalue weighted by molar-refractivity contribution is 0.414. The standard InChI is InChI=1S/C9H7IO3S/c1-13-8-2-4-9(5-3-8)14(11,12)7-6-10/h2-5H,1H3. The fourth-order valence-corrected chi connectivity index (χ4v) is 2.45. The maximum absolute atomic E-state index is 11.4. The number of ether oxygens (including phenoxy) is 1. The Morgan fingerprint density at radius 3 is 2.29 bits per heavy atom. The molecule has 0 saturated carbocycles. The van der Waals surface area contributed by atoms with Crippen molar-refractivity contribution in [2.45, 2.75) is 4.90 Å². The lowest BCUT2D eigenvalue weighted by Crippen LogP contribution is -1.96. The topological polar surface area (TPSA) is 43.4 Å². The van der Waals surface area contributed by atoms with Crippen LogP contribution in [0.25, 0.3) is 0 Å². The summed E-state index contributed by atoms with van der Waals surface area (Å²) in [5.41, 5.74) is 0. The molecule has 1 rings (SSSR count). The smallest absolute Gasteiger partial charge is 0.245 e. The molecular formula is C9H7IO3S. The van der Waals surface area contributed by atoms with Crippen LogP contribution in [0.4, 0.5) is 0 Å². The van der Waals surface area contributed by atoms with Gasteiger partial charge >= 0.3 is 0 Å². The molecule has 0 saturated heterocycles. The highest BCUT2D eigenvalue weighted by molar-refractivity contribution is 14.1. The number of methoxy groups -OCH3 is 1. The van der Waals surface area contributed by atoms with E-state index >= 15 is 0 Å². The maximum Gasteiger partial charge on any atom is 0.245 e. The molecule has 0 bridgehead atoms. The number of benzene rings is 1. The first-order valence-electron chi connectivity index (χ1n) is 3.61. The van der Waals surface area contributed by atoms with Crippen LogP contribution in [-0.2, 0) is 9.84 Å². The predicted octanol–water partition coefficient (Wildman–Crippen LogP) is 1.82.